The molecular weight excluding hydrogens is 422 g/mol. The maximum Gasteiger partial charge on any atom is 0.243 e. The van der Waals surface area contributed by atoms with Gasteiger partial charge in [0.25, 0.3) is 0 Å². The topological polar surface area (TPSA) is 71.4 Å². The minimum Gasteiger partial charge on any atom is -0.352 e. The SMILES string of the molecule is Cn1ccc2cc(S(=O)(=O)N3CCCC(C(=O)NCc4cccc(Cl)c4)C3)ccc21. The normalized spacial score (nSPS) is 17.9. The summed E-state index contributed by atoms with van der Waals surface area (Å²) in [5, 5.41) is 4.41. The van der Waals surface area contributed by atoms with Gasteiger partial charge in [-0.25, -0.2) is 8.42 Å². The number of carbonyl (C=O) groups is 1. The quantitative estimate of drug-likeness (QED) is 0.652. The van der Waals surface area contributed by atoms with Gasteiger partial charge in [-0.1, -0.05) is 23.7 Å². The van der Waals surface area contributed by atoms with Gasteiger partial charge >= 0.3 is 0 Å². The van der Waals surface area contributed by atoms with Crippen molar-refractivity contribution in [3.63, 3.8) is 0 Å². The molecule has 158 valence electrons. The van der Waals surface area contributed by atoms with E-state index in [1.165, 1.54) is 4.31 Å². The number of nitrogens with zero attached hydrogens (tertiary/aromatic N) is 2. The molecule has 1 unspecified atom stereocenters. The first-order valence-corrected chi connectivity index (χ1v) is 11.7. The number of aromatic nitrogens is 1. The summed E-state index contributed by atoms with van der Waals surface area (Å²) in [4.78, 5) is 12.9. The van der Waals surface area contributed by atoms with E-state index in [2.05, 4.69) is 5.32 Å². The second-order valence-electron chi connectivity index (χ2n) is 7.70. The Morgan fingerprint density at radius 1 is 1.20 bits per heavy atom. The molecule has 1 amide bonds. The first-order valence-electron chi connectivity index (χ1n) is 9.92. The summed E-state index contributed by atoms with van der Waals surface area (Å²) in [7, 11) is -1.73. The monoisotopic (exact) mass is 445 g/mol. The van der Waals surface area contributed by atoms with Crippen molar-refractivity contribution in [3.8, 4) is 0 Å². The van der Waals surface area contributed by atoms with Crippen LogP contribution in [0.2, 0.25) is 5.02 Å². The Kier molecular flexibility index (Phi) is 5.86. The molecule has 0 spiro atoms. The molecule has 0 bridgehead atoms. The van der Waals surface area contributed by atoms with Crippen molar-refractivity contribution in [1.82, 2.24) is 14.2 Å². The number of aryl methyl sites for hydroxylation is 1. The van der Waals surface area contributed by atoms with Gasteiger partial charge in [0.1, 0.15) is 0 Å². The smallest absolute Gasteiger partial charge is 0.243 e. The third-order valence-corrected chi connectivity index (χ3v) is 7.70. The molecule has 0 aliphatic carbocycles. The fourth-order valence-corrected chi connectivity index (χ4v) is 5.70. The van der Waals surface area contributed by atoms with Gasteiger partial charge in [-0.05, 0) is 54.8 Å². The number of amides is 1. The standard InChI is InChI=1S/C22H24ClN3O3S/c1-25-11-9-17-13-20(7-8-21(17)25)30(28,29)26-10-3-5-18(15-26)22(27)24-14-16-4-2-6-19(23)12-16/h2,4,6-9,11-13,18H,3,5,10,14-15H2,1H3,(H,24,27). The third-order valence-electron chi connectivity index (χ3n) is 5.61. The van der Waals surface area contributed by atoms with Crippen LogP contribution in [0.15, 0.2) is 59.6 Å². The number of halogens is 1. The van der Waals surface area contributed by atoms with E-state index in [4.69, 9.17) is 11.6 Å². The van der Waals surface area contributed by atoms with Crippen LogP contribution >= 0.6 is 11.6 Å². The van der Waals surface area contributed by atoms with Gasteiger partial charge in [0, 0.05) is 48.8 Å². The molecule has 30 heavy (non-hydrogen) atoms. The Morgan fingerprint density at radius 2 is 2.03 bits per heavy atom. The zero-order valence-electron chi connectivity index (χ0n) is 16.7. The second-order valence-corrected chi connectivity index (χ2v) is 10.1. The molecule has 4 rings (SSSR count). The number of hydrogen-bond donors (Lipinski definition) is 1. The molecule has 1 aromatic heterocycles. The molecule has 1 fully saturated rings. The zero-order valence-corrected chi connectivity index (χ0v) is 18.3. The Bertz CT molecular complexity index is 1190. The van der Waals surface area contributed by atoms with Crippen molar-refractivity contribution >= 4 is 38.4 Å². The summed E-state index contributed by atoms with van der Waals surface area (Å²) in [6.45, 7) is 0.983. The van der Waals surface area contributed by atoms with E-state index in [1.807, 2.05) is 42.1 Å². The molecular formula is C22H24ClN3O3S. The van der Waals surface area contributed by atoms with Crippen LogP contribution in [0.25, 0.3) is 10.9 Å². The molecule has 1 saturated heterocycles. The minimum atomic E-state index is -3.66. The summed E-state index contributed by atoms with van der Waals surface area (Å²) in [6.07, 6.45) is 3.23. The maximum atomic E-state index is 13.2. The van der Waals surface area contributed by atoms with Gasteiger partial charge in [0.15, 0.2) is 0 Å². The van der Waals surface area contributed by atoms with Gasteiger partial charge < -0.3 is 9.88 Å². The molecule has 2 aromatic carbocycles. The molecule has 0 saturated carbocycles. The lowest BCUT2D eigenvalue weighted by atomic mass is 9.99. The Morgan fingerprint density at radius 3 is 2.83 bits per heavy atom. The lowest BCUT2D eigenvalue weighted by Crippen LogP contribution is -2.45. The molecule has 1 atom stereocenters. The average Bonchev–Trinajstić information content (AvgIpc) is 3.12. The Hall–Kier alpha value is -2.35. The highest BCUT2D eigenvalue weighted by Crippen LogP contribution is 2.26. The van der Waals surface area contributed by atoms with E-state index < -0.39 is 10.0 Å². The average molecular weight is 446 g/mol. The molecule has 0 radical (unpaired) electrons. The molecule has 3 aromatic rings. The summed E-state index contributed by atoms with van der Waals surface area (Å²) in [5.41, 5.74) is 1.89. The summed E-state index contributed by atoms with van der Waals surface area (Å²) in [6, 6.07) is 14.4. The van der Waals surface area contributed by atoms with Crippen LogP contribution in [0.4, 0.5) is 0 Å². The van der Waals surface area contributed by atoms with E-state index in [-0.39, 0.29) is 23.3 Å². The lowest BCUT2D eigenvalue weighted by molar-refractivity contribution is -0.126. The van der Waals surface area contributed by atoms with E-state index in [0.717, 1.165) is 16.5 Å². The molecule has 2 heterocycles. The number of hydrogen-bond acceptors (Lipinski definition) is 3. The van der Waals surface area contributed by atoms with Crippen molar-refractivity contribution in [2.45, 2.75) is 24.3 Å². The zero-order chi connectivity index (χ0) is 21.3. The molecule has 8 heteroatoms. The van der Waals surface area contributed by atoms with Crippen LogP contribution in [0.3, 0.4) is 0 Å². The number of fused-ring (bicyclic) bond motifs is 1. The van der Waals surface area contributed by atoms with Crippen LogP contribution < -0.4 is 5.32 Å². The first kappa shape index (κ1) is 20.9. The van der Waals surface area contributed by atoms with Crippen molar-refractivity contribution in [2.24, 2.45) is 13.0 Å². The van der Waals surface area contributed by atoms with E-state index in [9.17, 15) is 13.2 Å². The summed E-state index contributed by atoms with van der Waals surface area (Å²) >= 11 is 5.99. The second kappa shape index (κ2) is 8.41. The molecule has 1 aliphatic rings. The highest BCUT2D eigenvalue weighted by molar-refractivity contribution is 7.89. The van der Waals surface area contributed by atoms with Gasteiger partial charge in [-0.3, -0.25) is 4.79 Å². The predicted octanol–water partition coefficient (Wildman–Crippen LogP) is 3.55. The van der Waals surface area contributed by atoms with Crippen molar-refractivity contribution in [2.75, 3.05) is 13.1 Å². The van der Waals surface area contributed by atoms with Gasteiger partial charge in [-0.15, -0.1) is 0 Å². The number of piperidine rings is 1. The number of sulfonamides is 1. The molecule has 1 N–H and O–H groups in total. The van der Waals surface area contributed by atoms with Crippen LogP contribution in [0, 0.1) is 5.92 Å². The number of nitrogens with one attached hydrogen (secondary N) is 1. The Labute approximate surface area is 181 Å². The predicted molar refractivity (Wildman–Crippen MR) is 118 cm³/mol. The van der Waals surface area contributed by atoms with Crippen LogP contribution in [-0.4, -0.2) is 36.3 Å². The van der Waals surface area contributed by atoms with Gasteiger partial charge in [0.2, 0.25) is 15.9 Å². The van der Waals surface area contributed by atoms with Crippen LogP contribution in [0.5, 0.6) is 0 Å². The van der Waals surface area contributed by atoms with E-state index in [0.29, 0.717) is 31.0 Å². The lowest BCUT2D eigenvalue weighted by Gasteiger charge is -2.31. The van der Waals surface area contributed by atoms with E-state index >= 15 is 0 Å². The minimum absolute atomic E-state index is 0.131. The van der Waals surface area contributed by atoms with E-state index in [1.54, 1.807) is 24.3 Å². The Balaban J connectivity index is 1.46. The van der Waals surface area contributed by atoms with Crippen molar-refractivity contribution in [3.05, 3.63) is 65.3 Å². The number of rotatable bonds is 5. The largest absolute Gasteiger partial charge is 0.352 e. The number of benzene rings is 2. The molecule has 6 nitrogen and oxygen atoms in total. The van der Waals surface area contributed by atoms with Gasteiger partial charge in [-0.2, -0.15) is 4.31 Å². The fourth-order valence-electron chi connectivity index (χ4n) is 3.92. The van der Waals surface area contributed by atoms with Crippen molar-refractivity contribution < 1.29 is 13.2 Å². The van der Waals surface area contributed by atoms with Crippen LogP contribution in [0.1, 0.15) is 18.4 Å². The number of carbonyl (C=O) groups excluding carboxylic acids is 1. The summed E-state index contributed by atoms with van der Waals surface area (Å²) in [5.74, 6) is -0.499. The maximum absolute atomic E-state index is 13.2. The summed E-state index contributed by atoms with van der Waals surface area (Å²) < 4.78 is 29.8. The fraction of sp³-hybridized carbons (Fsp3) is 0.318. The van der Waals surface area contributed by atoms with Gasteiger partial charge in [0.05, 0.1) is 10.8 Å². The third kappa shape index (κ3) is 4.24. The van der Waals surface area contributed by atoms with Crippen molar-refractivity contribution in [1.29, 1.82) is 0 Å². The molecule has 1 aliphatic heterocycles. The highest BCUT2D eigenvalue weighted by atomic mass is 35.5. The highest BCUT2D eigenvalue weighted by Gasteiger charge is 2.33. The first-order chi connectivity index (χ1) is 14.3. The van der Waals surface area contributed by atoms with Crippen LogP contribution in [-0.2, 0) is 28.4 Å².